The number of fused-ring (bicyclic) bond motifs is 3. The molecule has 0 saturated carbocycles. The molecular weight excluding hydrogens is 296 g/mol. The molecule has 7 nitrogen and oxygen atoms in total. The minimum atomic E-state index is -0.277. The van der Waals surface area contributed by atoms with E-state index in [4.69, 9.17) is 4.52 Å². The lowest BCUT2D eigenvalue weighted by Gasteiger charge is -2.32. The SMILES string of the molecule is Cc1cc(C(=O)N[C@@H]2C[C@H]3C(=O)Nc4ccccc4N3C2)no1. The average Bonchev–Trinajstić information content (AvgIpc) is 3.14. The van der Waals surface area contributed by atoms with Crippen LogP contribution in [0.5, 0.6) is 0 Å². The van der Waals surface area contributed by atoms with Gasteiger partial charge < -0.3 is 20.1 Å². The molecule has 0 radical (unpaired) electrons. The topological polar surface area (TPSA) is 87.5 Å². The van der Waals surface area contributed by atoms with Crippen LogP contribution >= 0.6 is 0 Å². The van der Waals surface area contributed by atoms with Crippen LogP contribution in [0.2, 0.25) is 0 Å². The van der Waals surface area contributed by atoms with Crippen molar-refractivity contribution in [2.75, 3.05) is 16.8 Å². The number of nitrogens with zero attached hydrogens (tertiary/aromatic N) is 2. The first-order chi connectivity index (χ1) is 11.1. The maximum absolute atomic E-state index is 12.3. The number of hydrogen-bond acceptors (Lipinski definition) is 5. The zero-order chi connectivity index (χ0) is 16.0. The van der Waals surface area contributed by atoms with Gasteiger partial charge >= 0.3 is 0 Å². The standard InChI is InChI=1S/C16H16N4O3/c1-9-6-12(19-23-9)15(21)17-10-7-14-16(22)18-11-4-2-3-5-13(11)20(14)8-10/h2-6,10,14H,7-8H2,1H3,(H,17,21)(H,18,22)/t10-,14+/m1/s1. The summed E-state index contributed by atoms with van der Waals surface area (Å²) < 4.78 is 4.92. The van der Waals surface area contributed by atoms with Crippen LogP contribution in [0.1, 0.15) is 22.7 Å². The Labute approximate surface area is 132 Å². The van der Waals surface area contributed by atoms with Crippen LogP contribution in [0.15, 0.2) is 34.9 Å². The van der Waals surface area contributed by atoms with Gasteiger partial charge in [-0.05, 0) is 25.5 Å². The molecule has 2 amide bonds. The highest BCUT2D eigenvalue weighted by Crippen LogP contribution is 2.36. The summed E-state index contributed by atoms with van der Waals surface area (Å²) in [6.07, 6.45) is 0.572. The quantitative estimate of drug-likeness (QED) is 0.873. The summed E-state index contributed by atoms with van der Waals surface area (Å²) in [7, 11) is 0. The lowest BCUT2D eigenvalue weighted by atomic mass is 10.1. The highest BCUT2D eigenvalue weighted by atomic mass is 16.5. The van der Waals surface area contributed by atoms with E-state index in [-0.39, 0.29) is 29.6 Å². The molecule has 0 aliphatic carbocycles. The van der Waals surface area contributed by atoms with E-state index in [9.17, 15) is 9.59 Å². The predicted molar refractivity (Wildman–Crippen MR) is 83.3 cm³/mol. The Balaban J connectivity index is 1.52. The Kier molecular flexibility index (Phi) is 3.07. The summed E-state index contributed by atoms with van der Waals surface area (Å²) in [6, 6.07) is 8.93. The molecule has 2 N–H and O–H groups in total. The molecule has 1 aromatic carbocycles. The number of aryl methyl sites for hydroxylation is 1. The van der Waals surface area contributed by atoms with Gasteiger partial charge in [-0.3, -0.25) is 9.59 Å². The maximum atomic E-state index is 12.3. The molecule has 1 aromatic heterocycles. The van der Waals surface area contributed by atoms with E-state index in [0.29, 0.717) is 18.7 Å². The Bertz CT molecular complexity index is 785. The molecule has 3 heterocycles. The molecule has 7 heteroatoms. The van der Waals surface area contributed by atoms with Crippen LogP contribution in [0, 0.1) is 6.92 Å². The third kappa shape index (κ3) is 2.34. The summed E-state index contributed by atoms with van der Waals surface area (Å²) in [5.74, 6) is 0.283. The smallest absolute Gasteiger partial charge is 0.273 e. The van der Waals surface area contributed by atoms with Gasteiger partial charge in [0.05, 0.1) is 11.4 Å². The minimum absolute atomic E-state index is 0.0299. The normalized spacial score (nSPS) is 22.3. The number of amides is 2. The van der Waals surface area contributed by atoms with Gasteiger partial charge in [-0.2, -0.15) is 0 Å². The highest BCUT2D eigenvalue weighted by molar-refractivity contribution is 6.04. The number of nitrogens with one attached hydrogen (secondary N) is 2. The Morgan fingerprint density at radius 2 is 2.26 bits per heavy atom. The van der Waals surface area contributed by atoms with Crippen LogP contribution < -0.4 is 15.5 Å². The Morgan fingerprint density at radius 1 is 1.43 bits per heavy atom. The van der Waals surface area contributed by atoms with E-state index in [1.54, 1.807) is 13.0 Å². The lowest BCUT2D eigenvalue weighted by molar-refractivity contribution is -0.117. The fourth-order valence-corrected chi connectivity index (χ4v) is 3.23. The molecule has 4 rings (SSSR count). The number of carbonyl (C=O) groups is 2. The minimum Gasteiger partial charge on any atom is -0.361 e. The summed E-state index contributed by atoms with van der Waals surface area (Å²) in [6.45, 7) is 2.33. The van der Waals surface area contributed by atoms with Crippen LogP contribution in [0.3, 0.4) is 0 Å². The molecule has 2 aromatic rings. The first-order valence-corrected chi connectivity index (χ1v) is 7.52. The fourth-order valence-electron chi connectivity index (χ4n) is 3.23. The van der Waals surface area contributed by atoms with E-state index in [0.717, 1.165) is 11.4 Å². The molecule has 2 aliphatic heterocycles. The Hall–Kier alpha value is -2.83. The van der Waals surface area contributed by atoms with E-state index in [2.05, 4.69) is 15.8 Å². The van der Waals surface area contributed by atoms with Gasteiger partial charge in [-0.15, -0.1) is 0 Å². The van der Waals surface area contributed by atoms with Crippen molar-refractivity contribution in [1.82, 2.24) is 10.5 Å². The Morgan fingerprint density at radius 3 is 3.04 bits per heavy atom. The number of carbonyl (C=O) groups excluding carboxylic acids is 2. The van der Waals surface area contributed by atoms with Gasteiger partial charge in [0.15, 0.2) is 5.69 Å². The van der Waals surface area contributed by atoms with Crippen LogP contribution in [-0.2, 0) is 4.79 Å². The molecule has 2 aliphatic rings. The first-order valence-electron chi connectivity index (χ1n) is 7.52. The van der Waals surface area contributed by atoms with Crippen molar-refractivity contribution in [3.05, 3.63) is 41.8 Å². The van der Waals surface area contributed by atoms with Gasteiger partial charge in [0.1, 0.15) is 11.8 Å². The molecule has 0 unspecified atom stereocenters. The summed E-state index contributed by atoms with van der Waals surface area (Å²) in [4.78, 5) is 26.5. The lowest BCUT2D eigenvalue weighted by Crippen LogP contribution is -2.44. The van der Waals surface area contributed by atoms with Crippen molar-refractivity contribution >= 4 is 23.2 Å². The molecule has 0 bridgehead atoms. The van der Waals surface area contributed by atoms with Gasteiger partial charge in [0.25, 0.3) is 5.91 Å². The molecule has 118 valence electrons. The molecule has 2 atom stereocenters. The van der Waals surface area contributed by atoms with Crippen LogP contribution in [0.25, 0.3) is 0 Å². The predicted octanol–water partition coefficient (Wildman–Crippen LogP) is 1.31. The van der Waals surface area contributed by atoms with Gasteiger partial charge in [0.2, 0.25) is 5.91 Å². The number of rotatable bonds is 2. The zero-order valence-corrected chi connectivity index (χ0v) is 12.6. The molecule has 0 spiro atoms. The third-order valence-corrected chi connectivity index (χ3v) is 4.27. The summed E-state index contributed by atoms with van der Waals surface area (Å²) in [5.41, 5.74) is 2.07. The molecule has 1 fully saturated rings. The fraction of sp³-hybridized carbons (Fsp3) is 0.312. The average molecular weight is 312 g/mol. The van der Waals surface area contributed by atoms with E-state index < -0.39 is 0 Å². The summed E-state index contributed by atoms with van der Waals surface area (Å²) in [5, 5.41) is 9.57. The van der Waals surface area contributed by atoms with Crippen LogP contribution in [-0.4, -0.2) is 35.6 Å². The van der Waals surface area contributed by atoms with E-state index in [1.165, 1.54) is 0 Å². The second-order valence-electron chi connectivity index (χ2n) is 5.90. The van der Waals surface area contributed by atoms with Crippen molar-refractivity contribution in [2.24, 2.45) is 0 Å². The monoisotopic (exact) mass is 312 g/mol. The number of aromatic nitrogens is 1. The number of anilines is 2. The molecular formula is C16H16N4O3. The number of para-hydroxylation sites is 2. The van der Waals surface area contributed by atoms with Gasteiger partial charge in [-0.25, -0.2) is 0 Å². The van der Waals surface area contributed by atoms with Crippen molar-refractivity contribution in [3.8, 4) is 0 Å². The molecule has 23 heavy (non-hydrogen) atoms. The second-order valence-corrected chi connectivity index (χ2v) is 5.90. The first kappa shape index (κ1) is 13.8. The van der Waals surface area contributed by atoms with E-state index in [1.807, 2.05) is 29.2 Å². The largest absolute Gasteiger partial charge is 0.361 e. The van der Waals surface area contributed by atoms with Gasteiger partial charge in [-0.1, -0.05) is 17.3 Å². The van der Waals surface area contributed by atoms with E-state index >= 15 is 0 Å². The van der Waals surface area contributed by atoms with Crippen LogP contribution in [0.4, 0.5) is 11.4 Å². The molecule has 1 saturated heterocycles. The number of hydrogen-bond donors (Lipinski definition) is 2. The number of benzene rings is 1. The maximum Gasteiger partial charge on any atom is 0.273 e. The van der Waals surface area contributed by atoms with Crippen molar-refractivity contribution < 1.29 is 14.1 Å². The van der Waals surface area contributed by atoms with Crippen molar-refractivity contribution in [2.45, 2.75) is 25.4 Å². The highest BCUT2D eigenvalue weighted by Gasteiger charge is 2.41. The second kappa shape index (κ2) is 5.12. The zero-order valence-electron chi connectivity index (χ0n) is 12.6. The third-order valence-electron chi connectivity index (χ3n) is 4.27. The van der Waals surface area contributed by atoms with Crippen molar-refractivity contribution in [1.29, 1.82) is 0 Å². The van der Waals surface area contributed by atoms with Crippen molar-refractivity contribution in [3.63, 3.8) is 0 Å². The van der Waals surface area contributed by atoms with Gasteiger partial charge in [0, 0.05) is 18.7 Å². The summed E-state index contributed by atoms with van der Waals surface area (Å²) >= 11 is 0.